The maximum absolute atomic E-state index is 13.5. The first-order valence-corrected chi connectivity index (χ1v) is 11.9. The molecule has 0 unspecified atom stereocenters. The second-order valence-corrected chi connectivity index (χ2v) is 9.35. The quantitative estimate of drug-likeness (QED) is 0.219. The predicted octanol–water partition coefficient (Wildman–Crippen LogP) is 5.79. The first-order valence-electron chi connectivity index (χ1n) is 11.1. The van der Waals surface area contributed by atoms with Crippen LogP contribution in [0.5, 0.6) is 0 Å². The van der Waals surface area contributed by atoms with Crippen LogP contribution >= 0.6 is 23.8 Å². The summed E-state index contributed by atoms with van der Waals surface area (Å²) < 4.78 is 2.13. The van der Waals surface area contributed by atoms with Gasteiger partial charge < -0.3 is 4.57 Å². The van der Waals surface area contributed by atoms with Gasteiger partial charge in [-0.3, -0.25) is 19.8 Å². The lowest BCUT2D eigenvalue weighted by Gasteiger charge is -2.30. The van der Waals surface area contributed by atoms with Crippen molar-refractivity contribution in [1.29, 1.82) is 0 Å². The number of para-hydroxylation sites is 1. The molecule has 2 heterocycles. The van der Waals surface area contributed by atoms with Crippen LogP contribution in [0.25, 0.3) is 17.0 Å². The van der Waals surface area contributed by atoms with E-state index >= 15 is 0 Å². The Morgan fingerprint density at radius 1 is 1.00 bits per heavy atom. The number of nitrogens with zero attached hydrogens (tertiary/aromatic N) is 2. The Balaban J connectivity index is 1.59. The Bertz CT molecular complexity index is 1550. The van der Waals surface area contributed by atoms with Gasteiger partial charge in [-0.15, -0.1) is 0 Å². The van der Waals surface area contributed by atoms with Crippen molar-refractivity contribution in [3.63, 3.8) is 0 Å². The number of aromatic nitrogens is 1. The second-order valence-electron chi connectivity index (χ2n) is 8.56. The van der Waals surface area contributed by atoms with Crippen LogP contribution in [0.1, 0.15) is 22.3 Å². The van der Waals surface area contributed by atoms with Gasteiger partial charge in [0, 0.05) is 34.2 Å². The van der Waals surface area contributed by atoms with E-state index in [0.717, 1.165) is 16.5 Å². The van der Waals surface area contributed by atoms with E-state index in [0.29, 0.717) is 22.8 Å². The molecule has 174 valence electrons. The van der Waals surface area contributed by atoms with Crippen LogP contribution in [0, 0.1) is 13.8 Å². The Labute approximate surface area is 213 Å². The number of rotatable bonds is 4. The van der Waals surface area contributed by atoms with Gasteiger partial charge in [0.15, 0.2) is 5.11 Å². The third-order valence-electron chi connectivity index (χ3n) is 6.14. The molecule has 0 aliphatic carbocycles. The van der Waals surface area contributed by atoms with Crippen molar-refractivity contribution >= 4 is 63.4 Å². The van der Waals surface area contributed by atoms with Crippen LogP contribution in [-0.2, 0) is 16.1 Å². The third kappa shape index (κ3) is 4.27. The Kier molecular flexibility index (Phi) is 6.01. The molecule has 1 N–H and O–H groups in total. The molecule has 2 amide bonds. The molecule has 0 spiro atoms. The minimum absolute atomic E-state index is 0.0106. The Morgan fingerprint density at radius 3 is 2.57 bits per heavy atom. The van der Waals surface area contributed by atoms with Crippen LogP contribution in [0.3, 0.4) is 0 Å². The van der Waals surface area contributed by atoms with Gasteiger partial charge in [0.05, 0.1) is 5.69 Å². The van der Waals surface area contributed by atoms with Crippen molar-refractivity contribution in [1.82, 2.24) is 9.88 Å². The van der Waals surface area contributed by atoms with Gasteiger partial charge >= 0.3 is 0 Å². The predicted molar refractivity (Wildman–Crippen MR) is 145 cm³/mol. The average molecular weight is 500 g/mol. The summed E-state index contributed by atoms with van der Waals surface area (Å²) in [4.78, 5) is 27.7. The number of nitrogens with one attached hydrogen (secondary N) is 1. The van der Waals surface area contributed by atoms with Crippen molar-refractivity contribution in [2.45, 2.75) is 20.4 Å². The van der Waals surface area contributed by atoms with Crippen molar-refractivity contribution in [2.24, 2.45) is 0 Å². The molecule has 5 rings (SSSR count). The molecule has 35 heavy (non-hydrogen) atoms. The maximum Gasteiger partial charge on any atom is 0.270 e. The molecule has 5 nitrogen and oxygen atoms in total. The monoisotopic (exact) mass is 499 g/mol. The molecule has 0 atom stereocenters. The van der Waals surface area contributed by atoms with Crippen LogP contribution < -0.4 is 10.2 Å². The summed E-state index contributed by atoms with van der Waals surface area (Å²) in [5.41, 5.74) is 5.42. The summed E-state index contributed by atoms with van der Waals surface area (Å²) in [6, 6.07) is 21.5. The average Bonchev–Trinajstić information content (AvgIpc) is 3.16. The van der Waals surface area contributed by atoms with Crippen molar-refractivity contribution < 1.29 is 9.59 Å². The smallest absolute Gasteiger partial charge is 0.270 e. The molecular weight excluding hydrogens is 478 g/mol. The van der Waals surface area contributed by atoms with Gasteiger partial charge in [-0.25, -0.2) is 0 Å². The fourth-order valence-electron chi connectivity index (χ4n) is 4.40. The molecule has 0 bridgehead atoms. The summed E-state index contributed by atoms with van der Waals surface area (Å²) in [5, 5.41) is 4.15. The lowest BCUT2D eigenvalue weighted by atomic mass is 10.1. The number of benzene rings is 3. The molecule has 4 aromatic rings. The van der Waals surface area contributed by atoms with Gasteiger partial charge in [-0.2, -0.15) is 0 Å². The van der Waals surface area contributed by atoms with Crippen molar-refractivity contribution in [2.75, 3.05) is 4.90 Å². The van der Waals surface area contributed by atoms with Crippen molar-refractivity contribution in [3.8, 4) is 0 Å². The number of amides is 2. The zero-order valence-corrected chi connectivity index (χ0v) is 20.8. The van der Waals surface area contributed by atoms with E-state index in [1.165, 1.54) is 16.0 Å². The fourth-order valence-corrected chi connectivity index (χ4v) is 4.84. The molecule has 3 aromatic carbocycles. The number of hydrogen-bond donors (Lipinski definition) is 1. The summed E-state index contributed by atoms with van der Waals surface area (Å²) in [6.07, 6.45) is 3.61. The van der Waals surface area contributed by atoms with Gasteiger partial charge in [-0.05, 0) is 61.5 Å². The van der Waals surface area contributed by atoms with Gasteiger partial charge in [0.25, 0.3) is 11.8 Å². The Morgan fingerprint density at radius 2 is 1.77 bits per heavy atom. The first-order chi connectivity index (χ1) is 16.8. The highest BCUT2D eigenvalue weighted by Gasteiger charge is 2.35. The van der Waals surface area contributed by atoms with Crippen LogP contribution in [-0.4, -0.2) is 21.5 Å². The van der Waals surface area contributed by atoms with Crippen LogP contribution in [0.2, 0.25) is 5.02 Å². The van der Waals surface area contributed by atoms with Crippen LogP contribution in [0.4, 0.5) is 5.69 Å². The number of hydrogen-bond acceptors (Lipinski definition) is 3. The zero-order valence-electron chi connectivity index (χ0n) is 19.2. The van der Waals surface area contributed by atoms with E-state index in [2.05, 4.69) is 35.0 Å². The normalized spacial score (nSPS) is 15.2. The molecule has 1 saturated heterocycles. The topological polar surface area (TPSA) is 54.3 Å². The number of thiocarbonyl (C=S) groups is 1. The maximum atomic E-state index is 13.5. The van der Waals surface area contributed by atoms with E-state index in [9.17, 15) is 9.59 Å². The zero-order chi connectivity index (χ0) is 24.7. The standard InChI is InChI=1S/C28H22ClN3O2S/c1-17-7-5-8-19(13-17)15-31-16-20(21-9-3-4-11-25(21)31)14-22-26(33)30-28(35)32(27(22)34)24-12-6-10-23(29)18(24)2/h3-14,16H,15H2,1-2H3,(H,30,33,35)/b22-14+. The van der Waals surface area contributed by atoms with Gasteiger partial charge in [0.1, 0.15) is 5.57 Å². The molecule has 7 heteroatoms. The first kappa shape index (κ1) is 23.0. The molecular formula is C28H22ClN3O2S. The van der Waals surface area contributed by atoms with E-state index in [1.54, 1.807) is 24.3 Å². The SMILES string of the molecule is Cc1cccc(Cn2cc(/C=C3\C(=O)NC(=S)N(c4cccc(Cl)c4C)C3=O)c3ccccc32)c1. The highest BCUT2D eigenvalue weighted by molar-refractivity contribution is 7.80. The summed E-state index contributed by atoms with van der Waals surface area (Å²) in [6.45, 7) is 4.55. The van der Waals surface area contributed by atoms with E-state index in [-0.39, 0.29) is 10.7 Å². The Hall–Kier alpha value is -3.74. The number of carbonyl (C=O) groups excluding carboxylic acids is 2. The van der Waals surface area contributed by atoms with Gasteiger partial charge in [-0.1, -0.05) is 65.7 Å². The number of aryl methyl sites for hydroxylation is 1. The second kappa shape index (κ2) is 9.13. The van der Waals surface area contributed by atoms with Gasteiger partial charge in [0.2, 0.25) is 0 Å². The fraction of sp³-hybridized carbons (Fsp3) is 0.107. The minimum atomic E-state index is -0.522. The largest absolute Gasteiger partial charge is 0.342 e. The molecule has 0 saturated carbocycles. The van der Waals surface area contributed by atoms with Crippen LogP contribution in [0.15, 0.2) is 78.5 Å². The molecule has 1 fully saturated rings. The summed E-state index contributed by atoms with van der Waals surface area (Å²) in [5.74, 6) is -1.01. The third-order valence-corrected chi connectivity index (χ3v) is 6.83. The van der Waals surface area contributed by atoms with E-state index < -0.39 is 11.8 Å². The number of halogens is 1. The lowest BCUT2D eigenvalue weighted by Crippen LogP contribution is -2.54. The molecule has 1 aromatic heterocycles. The highest BCUT2D eigenvalue weighted by atomic mass is 35.5. The summed E-state index contributed by atoms with van der Waals surface area (Å²) >= 11 is 11.6. The summed E-state index contributed by atoms with van der Waals surface area (Å²) in [7, 11) is 0. The minimum Gasteiger partial charge on any atom is -0.342 e. The lowest BCUT2D eigenvalue weighted by molar-refractivity contribution is -0.122. The molecule has 1 aliphatic rings. The number of carbonyl (C=O) groups is 2. The van der Waals surface area contributed by atoms with E-state index in [1.807, 2.05) is 43.5 Å². The number of fused-ring (bicyclic) bond motifs is 1. The van der Waals surface area contributed by atoms with E-state index in [4.69, 9.17) is 23.8 Å². The molecule has 0 radical (unpaired) electrons. The number of anilines is 1. The highest BCUT2D eigenvalue weighted by Crippen LogP contribution is 2.31. The van der Waals surface area contributed by atoms with Crippen molar-refractivity contribution in [3.05, 3.63) is 106 Å². The molecule has 1 aliphatic heterocycles.